The first-order valence-corrected chi connectivity index (χ1v) is 11.1. The Morgan fingerprint density at radius 2 is 1.97 bits per heavy atom. The Kier molecular flexibility index (Phi) is 6.64. The van der Waals surface area contributed by atoms with Gasteiger partial charge in [0.1, 0.15) is 0 Å². The van der Waals surface area contributed by atoms with Gasteiger partial charge in [-0.05, 0) is 25.0 Å². The van der Waals surface area contributed by atoms with Crippen molar-refractivity contribution in [2.24, 2.45) is 7.05 Å². The summed E-state index contributed by atoms with van der Waals surface area (Å²) >= 11 is 1.73. The van der Waals surface area contributed by atoms with Crippen LogP contribution in [0.25, 0.3) is 11.4 Å². The molecule has 29 heavy (non-hydrogen) atoms. The molecule has 1 atom stereocenters. The molecule has 0 radical (unpaired) electrons. The fourth-order valence-electron chi connectivity index (χ4n) is 3.70. The van der Waals surface area contributed by atoms with E-state index in [2.05, 4.69) is 81.2 Å². The summed E-state index contributed by atoms with van der Waals surface area (Å²) in [7, 11) is 2.04. The third-order valence-electron chi connectivity index (χ3n) is 5.19. The minimum atomic E-state index is 0.199. The van der Waals surface area contributed by atoms with Crippen LogP contribution in [0, 0.1) is 6.92 Å². The summed E-state index contributed by atoms with van der Waals surface area (Å²) in [5.74, 6) is 1.79. The van der Waals surface area contributed by atoms with Gasteiger partial charge < -0.3 is 9.30 Å². The standard InChI is InChI=1S/C23H28N4OS/c1-18-8-6-11-20(14-18)22-24-25-23(26(22)2)29-17-21-16-27(12-7-13-28-21)15-19-9-4-3-5-10-19/h3-6,8-11,14,21H,7,12-13,15-17H2,1-2H3. The van der Waals surface area contributed by atoms with E-state index in [-0.39, 0.29) is 6.10 Å². The lowest BCUT2D eigenvalue weighted by molar-refractivity contribution is 0.0700. The van der Waals surface area contributed by atoms with E-state index in [4.69, 9.17) is 4.74 Å². The van der Waals surface area contributed by atoms with E-state index in [0.29, 0.717) is 0 Å². The summed E-state index contributed by atoms with van der Waals surface area (Å²) in [5, 5.41) is 9.78. The predicted molar refractivity (Wildman–Crippen MR) is 118 cm³/mol. The highest BCUT2D eigenvalue weighted by molar-refractivity contribution is 7.99. The van der Waals surface area contributed by atoms with E-state index in [1.165, 1.54) is 11.1 Å². The van der Waals surface area contributed by atoms with E-state index >= 15 is 0 Å². The van der Waals surface area contributed by atoms with E-state index < -0.39 is 0 Å². The van der Waals surface area contributed by atoms with Crippen LogP contribution in [0.5, 0.6) is 0 Å². The minimum absolute atomic E-state index is 0.199. The zero-order chi connectivity index (χ0) is 20.1. The van der Waals surface area contributed by atoms with E-state index in [9.17, 15) is 0 Å². The molecule has 1 unspecified atom stereocenters. The summed E-state index contributed by atoms with van der Waals surface area (Å²) in [6.45, 7) is 5.93. The largest absolute Gasteiger partial charge is 0.376 e. The summed E-state index contributed by atoms with van der Waals surface area (Å²) in [4.78, 5) is 2.50. The van der Waals surface area contributed by atoms with Gasteiger partial charge in [0.15, 0.2) is 11.0 Å². The highest BCUT2D eigenvalue weighted by Gasteiger charge is 2.21. The Morgan fingerprint density at radius 1 is 1.10 bits per heavy atom. The van der Waals surface area contributed by atoms with Crippen LogP contribution in [-0.4, -0.2) is 51.2 Å². The van der Waals surface area contributed by atoms with Gasteiger partial charge in [0, 0.05) is 44.6 Å². The molecule has 0 N–H and O–H groups in total. The van der Waals surface area contributed by atoms with Gasteiger partial charge in [-0.2, -0.15) is 0 Å². The summed E-state index contributed by atoms with van der Waals surface area (Å²) in [6, 6.07) is 19.1. The fourth-order valence-corrected chi connectivity index (χ4v) is 4.62. The van der Waals surface area contributed by atoms with Crippen molar-refractivity contribution in [1.29, 1.82) is 0 Å². The Labute approximate surface area is 177 Å². The van der Waals surface area contributed by atoms with Crippen LogP contribution < -0.4 is 0 Å². The van der Waals surface area contributed by atoms with Crippen LogP contribution >= 0.6 is 11.8 Å². The summed E-state index contributed by atoms with van der Waals surface area (Å²) in [6.07, 6.45) is 1.28. The van der Waals surface area contributed by atoms with Crippen LogP contribution in [0.2, 0.25) is 0 Å². The zero-order valence-corrected chi connectivity index (χ0v) is 17.9. The number of ether oxygens (including phenoxy) is 1. The van der Waals surface area contributed by atoms with Gasteiger partial charge >= 0.3 is 0 Å². The van der Waals surface area contributed by atoms with Gasteiger partial charge in [0.2, 0.25) is 0 Å². The van der Waals surface area contributed by atoms with Crippen LogP contribution in [-0.2, 0) is 18.3 Å². The lowest BCUT2D eigenvalue weighted by Gasteiger charge is -2.23. The first-order valence-electron chi connectivity index (χ1n) is 10.2. The number of thioether (sulfide) groups is 1. The molecule has 0 spiro atoms. The Bertz CT molecular complexity index is 928. The average molecular weight is 409 g/mol. The molecule has 1 fully saturated rings. The first kappa shape index (κ1) is 20.1. The van der Waals surface area contributed by atoms with Crippen LogP contribution in [0.4, 0.5) is 0 Å². The normalized spacial score (nSPS) is 17.9. The average Bonchev–Trinajstić information content (AvgIpc) is 2.95. The second-order valence-corrected chi connectivity index (χ2v) is 8.60. The lowest BCUT2D eigenvalue weighted by Crippen LogP contribution is -2.32. The van der Waals surface area contributed by atoms with Crippen molar-refractivity contribution < 1.29 is 4.74 Å². The van der Waals surface area contributed by atoms with Crippen molar-refractivity contribution in [3.8, 4) is 11.4 Å². The van der Waals surface area contributed by atoms with Crippen molar-refractivity contribution in [3.63, 3.8) is 0 Å². The van der Waals surface area contributed by atoms with E-state index in [0.717, 1.165) is 55.0 Å². The Morgan fingerprint density at radius 3 is 2.79 bits per heavy atom. The van der Waals surface area contributed by atoms with Crippen molar-refractivity contribution in [3.05, 3.63) is 65.7 Å². The number of aromatic nitrogens is 3. The van der Waals surface area contributed by atoms with Gasteiger partial charge in [0.05, 0.1) is 6.10 Å². The maximum absolute atomic E-state index is 6.12. The minimum Gasteiger partial charge on any atom is -0.376 e. The maximum atomic E-state index is 6.12. The van der Waals surface area contributed by atoms with Crippen molar-refractivity contribution in [2.75, 3.05) is 25.4 Å². The molecule has 6 heteroatoms. The molecule has 152 valence electrons. The molecule has 1 aromatic heterocycles. The number of rotatable bonds is 6. The number of nitrogens with zero attached hydrogens (tertiary/aromatic N) is 4. The van der Waals surface area contributed by atoms with Gasteiger partial charge in [-0.25, -0.2) is 0 Å². The van der Waals surface area contributed by atoms with Gasteiger partial charge in [-0.3, -0.25) is 4.90 Å². The van der Waals surface area contributed by atoms with E-state index in [1.54, 1.807) is 11.8 Å². The second kappa shape index (κ2) is 9.57. The van der Waals surface area contributed by atoms with Crippen molar-refractivity contribution >= 4 is 11.8 Å². The van der Waals surface area contributed by atoms with Gasteiger partial charge in [-0.1, -0.05) is 65.9 Å². The zero-order valence-electron chi connectivity index (χ0n) is 17.1. The summed E-state index contributed by atoms with van der Waals surface area (Å²) < 4.78 is 8.20. The fraction of sp³-hybridized carbons (Fsp3) is 0.391. The molecule has 2 aromatic carbocycles. The molecular formula is C23H28N4OS. The molecular weight excluding hydrogens is 380 g/mol. The predicted octanol–water partition coefficient (Wildman–Crippen LogP) is 4.17. The second-order valence-electron chi connectivity index (χ2n) is 7.61. The van der Waals surface area contributed by atoms with Crippen LogP contribution in [0.15, 0.2) is 59.8 Å². The molecule has 0 amide bonds. The van der Waals surface area contributed by atoms with Crippen molar-refractivity contribution in [2.45, 2.75) is 31.1 Å². The lowest BCUT2D eigenvalue weighted by atomic mass is 10.1. The summed E-state index contributed by atoms with van der Waals surface area (Å²) in [5.41, 5.74) is 3.69. The molecule has 0 saturated carbocycles. The smallest absolute Gasteiger partial charge is 0.191 e. The topological polar surface area (TPSA) is 43.2 Å². The van der Waals surface area contributed by atoms with Crippen molar-refractivity contribution in [1.82, 2.24) is 19.7 Å². The molecule has 1 saturated heterocycles. The SMILES string of the molecule is Cc1cccc(-c2nnc(SCC3CN(Cc4ccccc4)CCCO3)n2C)c1. The molecule has 0 bridgehead atoms. The Balaban J connectivity index is 1.38. The first-order chi connectivity index (χ1) is 14.2. The van der Waals surface area contributed by atoms with Gasteiger partial charge in [-0.15, -0.1) is 10.2 Å². The third-order valence-corrected chi connectivity index (χ3v) is 6.34. The molecule has 3 aromatic rings. The third kappa shape index (κ3) is 5.26. The van der Waals surface area contributed by atoms with E-state index in [1.807, 2.05) is 7.05 Å². The molecule has 0 aliphatic carbocycles. The molecule has 2 heterocycles. The molecule has 4 rings (SSSR count). The monoisotopic (exact) mass is 408 g/mol. The van der Waals surface area contributed by atoms with Gasteiger partial charge in [0.25, 0.3) is 0 Å². The quantitative estimate of drug-likeness (QED) is 0.573. The highest BCUT2D eigenvalue weighted by atomic mass is 32.2. The number of hydrogen-bond acceptors (Lipinski definition) is 5. The number of aryl methyl sites for hydroxylation is 1. The Hall–Kier alpha value is -2.15. The molecule has 1 aliphatic heterocycles. The highest BCUT2D eigenvalue weighted by Crippen LogP contribution is 2.25. The maximum Gasteiger partial charge on any atom is 0.191 e. The molecule has 1 aliphatic rings. The van der Waals surface area contributed by atoms with Crippen LogP contribution in [0.3, 0.4) is 0 Å². The molecule has 5 nitrogen and oxygen atoms in total. The van der Waals surface area contributed by atoms with Crippen LogP contribution in [0.1, 0.15) is 17.5 Å². The number of hydrogen-bond donors (Lipinski definition) is 0. The number of benzene rings is 2.